The lowest BCUT2D eigenvalue weighted by Gasteiger charge is -2.33. The monoisotopic (exact) mass is 436 g/mol. The van der Waals surface area contributed by atoms with E-state index in [1.807, 2.05) is 28.9 Å². The van der Waals surface area contributed by atoms with E-state index in [2.05, 4.69) is 76.2 Å². The normalized spacial score (nSPS) is 12.2. The molecule has 172 valence electrons. The van der Waals surface area contributed by atoms with E-state index in [-0.39, 0.29) is 16.9 Å². The van der Waals surface area contributed by atoms with Crippen LogP contribution >= 0.6 is 0 Å². The van der Waals surface area contributed by atoms with Crippen LogP contribution in [-0.2, 0) is 6.54 Å². The molecule has 1 aromatic heterocycles. The largest absolute Gasteiger partial charge is 0.494 e. The molecule has 0 saturated carbocycles. The maximum atomic E-state index is 12.6. The van der Waals surface area contributed by atoms with Gasteiger partial charge in [-0.1, -0.05) is 26.0 Å². The van der Waals surface area contributed by atoms with Gasteiger partial charge in [-0.05, 0) is 87.1 Å². The van der Waals surface area contributed by atoms with Crippen LogP contribution in [0.1, 0.15) is 68.9 Å². The van der Waals surface area contributed by atoms with E-state index in [1.54, 1.807) is 0 Å². The number of ether oxygens (including phenoxy) is 1. The zero-order valence-corrected chi connectivity index (χ0v) is 20.5. The summed E-state index contributed by atoms with van der Waals surface area (Å²) in [6, 6.07) is 11.5. The standard InChI is InChI=1S/C26H36N4O2/c1-18-15-22-23(16-19(18)2)30(29-28-22)13-8-14-32-21-11-9-20(10-12-21)24(31)27-26(6,7)17-25(3,4)5/h9-12,15-16H,8,13-14,17H2,1-7H3,(H,27,31). The van der Waals surface area contributed by atoms with Crippen molar-refractivity contribution in [1.82, 2.24) is 20.3 Å². The summed E-state index contributed by atoms with van der Waals surface area (Å²) in [5.74, 6) is 0.694. The number of carbonyl (C=O) groups excluding carboxylic acids is 1. The second-order valence-corrected chi connectivity index (χ2v) is 10.5. The average Bonchev–Trinajstić information content (AvgIpc) is 3.05. The van der Waals surface area contributed by atoms with Crippen molar-refractivity contribution >= 4 is 16.9 Å². The minimum atomic E-state index is -0.271. The molecule has 0 fully saturated rings. The molecule has 0 atom stereocenters. The van der Waals surface area contributed by atoms with Gasteiger partial charge in [-0.15, -0.1) is 5.10 Å². The second kappa shape index (κ2) is 9.31. The van der Waals surface area contributed by atoms with Crippen LogP contribution in [0.4, 0.5) is 0 Å². The van der Waals surface area contributed by atoms with Gasteiger partial charge in [0.05, 0.1) is 12.1 Å². The maximum Gasteiger partial charge on any atom is 0.251 e. The predicted octanol–water partition coefficient (Wildman–Crippen LogP) is 5.46. The van der Waals surface area contributed by atoms with E-state index in [0.29, 0.717) is 12.2 Å². The van der Waals surface area contributed by atoms with Gasteiger partial charge in [0.25, 0.3) is 5.91 Å². The molecule has 0 aliphatic rings. The summed E-state index contributed by atoms with van der Waals surface area (Å²) in [5.41, 5.74) is 4.95. The number of aryl methyl sites for hydroxylation is 3. The number of amides is 1. The van der Waals surface area contributed by atoms with Gasteiger partial charge in [0.1, 0.15) is 11.3 Å². The van der Waals surface area contributed by atoms with Crippen molar-refractivity contribution in [3.05, 3.63) is 53.1 Å². The SMILES string of the molecule is Cc1cc2nnn(CCCOc3ccc(C(=O)NC(C)(C)CC(C)(C)C)cc3)c2cc1C. The fourth-order valence-corrected chi connectivity index (χ4v) is 4.24. The van der Waals surface area contributed by atoms with Gasteiger partial charge in [0.15, 0.2) is 0 Å². The molecule has 2 aromatic carbocycles. The first kappa shape index (κ1) is 23.8. The molecule has 6 nitrogen and oxygen atoms in total. The van der Waals surface area contributed by atoms with Crippen LogP contribution in [0.3, 0.4) is 0 Å². The summed E-state index contributed by atoms with van der Waals surface area (Å²) in [6.07, 6.45) is 1.71. The molecule has 6 heteroatoms. The predicted molar refractivity (Wildman–Crippen MR) is 129 cm³/mol. The molecular weight excluding hydrogens is 400 g/mol. The summed E-state index contributed by atoms with van der Waals surface area (Å²) in [5, 5.41) is 11.7. The molecule has 0 bridgehead atoms. The first-order chi connectivity index (χ1) is 14.9. The van der Waals surface area contributed by atoms with Gasteiger partial charge in [-0.2, -0.15) is 0 Å². The lowest BCUT2D eigenvalue weighted by molar-refractivity contribution is 0.0891. The Bertz CT molecular complexity index is 1080. The number of hydrogen-bond acceptors (Lipinski definition) is 4. The van der Waals surface area contributed by atoms with Gasteiger partial charge in [-0.3, -0.25) is 4.79 Å². The Morgan fingerprint density at radius 3 is 2.34 bits per heavy atom. The Kier molecular flexibility index (Phi) is 6.91. The van der Waals surface area contributed by atoms with Crippen LogP contribution in [0.25, 0.3) is 11.0 Å². The Morgan fingerprint density at radius 1 is 1.03 bits per heavy atom. The molecular formula is C26H36N4O2. The summed E-state index contributed by atoms with van der Waals surface area (Å²) in [6.45, 7) is 16.2. The first-order valence-electron chi connectivity index (χ1n) is 11.3. The maximum absolute atomic E-state index is 12.6. The van der Waals surface area contributed by atoms with Gasteiger partial charge >= 0.3 is 0 Å². The molecule has 1 heterocycles. The molecule has 0 aliphatic heterocycles. The Hall–Kier alpha value is -2.89. The third-order valence-corrected chi connectivity index (χ3v) is 5.45. The van der Waals surface area contributed by atoms with Crippen LogP contribution in [0.15, 0.2) is 36.4 Å². The zero-order valence-electron chi connectivity index (χ0n) is 20.5. The molecule has 0 spiro atoms. The smallest absolute Gasteiger partial charge is 0.251 e. The van der Waals surface area contributed by atoms with Crippen molar-refractivity contribution in [3.8, 4) is 5.75 Å². The van der Waals surface area contributed by atoms with E-state index in [4.69, 9.17) is 4.74 Å². The lowest BCUT2D eigenvalue weighted by Crippen LogP contribution is -2.45. The van der Waals surface area contributed by atoms with Crippen LogP contribution in [-0.4, -0.2) is 33.0 Å². The zero-order chi connectivity index (χ0) is 23.5. The summed E-state index contributed by atoms with van der Waals surface area (Å²) < 4.78 is 7.80. The van der Waals surface area contributed by atoms with E-state index in [9.17, 15) is 4.79 Å². The number of benzene rings is 2. The van der Waals surface area contributed by atoms with Crippen LogP contribution in [0, 0.1) is 19.3 Å². The molecule has 1 amide bonds. The first-order valence-corrected chi connectivity index (χ1v) is 11.3. The van der Waals surface area contributed by atoms with Crippen LogP contribution < -0.4 is 10.1 Å². The van der Waals surface area contributed by atoms with Gasteiger partial charge in [-0.25, -0.2) is 4.68 Å². The highest BCUT2D eigenvalue weighted by atomic mass is 16.5. The highest BCUT2D eigenvalue weighted by molar-refractivity contribution is 5.94. The molecule has 0 saturated heterocycles. The molecule has 3 rings (SSSR count). The van der Waals surface area contributed by atoms with Crippen molar-refractivity contribution in [2.75, 3.05) is 6.61 Å². The highest BCUT2D eigenvalue weighted by Gasteiger charge is 2.27. The van der Waals surface area contributed by atoms with Crippen molar-refractivity contribution in [3.63, 3.8) is 0 Å². The van der Waals surface area contributed by atoms with Crippen molar-refractivity contribution in [1.29, 1.82) is 0 Å². The second-order valence-electron chi connectivity index (χ2n) is 10.5. The van der Waals surface area contributed by atoms with Gasteiger partial charge in [0.2, 0.25) is 0 Å². The summed E-state index contributed by atoms with van der Waals surface area (Å²) in [7, 11) is 0. The van der Waals surface area contributed by atoms with Gasteiger partial charge in [0, 0.05) is 24.1 Å². The Balaban J connectivity index is 1.50. The van der Waals surface area contributed by atoms with E-state index < -0.39 is 0 Å². The number of aromatic nitrogens is 3. The number of nitrogens with zero attached hydrogens (tertiary/aromatic N) is 3. The lowest BCUT2D eigenvalue weighted by atomic mass is 9.81. The number of hydrogen-bond donors (Lipinski definition) is 1. The third-order valence-electron chi connectivity index (χ3n) is 5.45. The molecule has 32 heavy (non-hydrogen) atoms. The van der Waals surface area contributed by atoms with Crippen LogP contribution in [0.5, 0.6) is 5.75 Å². The minimum Gasteiger partial charge on any atom is -0.494 e. The molecule has 3 aromatic rings. The molecule has 0 unspecified atom stereocenters. The highest BCUT2D eigenvalue weighted by Crippen LogP contribution is 2.27. The third kappa shape index (κ3) is 6.31. The van der Waals surface area contributed by atoms with Crippen molar-refractivity contribution < 1.29 is 9.53 Å². The summed E-state index contributed by atoms with van der Waals surface area (Å²) in [4.78, 5) is 12.6. The number of rotatable bonds is 8. The van der Waals surface area contributed by atoms with Crippen molar-refractivity contribution in [2.45, 2.75) is 73.4 Å². The van der Waals surface area contributed by atoms with Crippen molar-refractivity contribution in [2.24, 2.45) is 5.41 Å². The van der Waals surface area contributed by atoms with E-state index in [0.717, 1.165) is 36.2 Å². The Labute approximate surface area is 191 Å². The molecule has 1 N–H and O–H groups in total. The number of nitrogens with one attached hydrogen (secondary N) is 1. The minimum absolute atomic E-state index is 0.0607. The molecule has 0 radical (unpaired) electrons. The quantitative estimate of drug-likeness (QED) is 0.476. The van der Waals surface area contributed by atoms with E-state index in [1.165, 1.54) is 11.1 Å². The average molecular weight is 437 g/mol. The fourth-order valence-electron chi connectivity index (χ4n) is 4.24. The fraction of sp³-hybridized carbons (Fsp3) is 0.500. The topological polar surface area (TPSA) is 69.0 Å². The van der Waals surface area contributed by atoms with E-state index >= 15 is 0 Å². The number of carbonyl (C=O) groups is 1. The summed E-state index contributed by atoms with van der Waals surface area (Å²) >= 11 is 0. The van der Waals surface area contributed by atoms with Crippen LogP contribution in [0.2, 0.25) is 0 Å². The molecule has 0 aliphatic carbocycles. The number of fused-ring (bicyclic) bond motifs is 1. The van der Waals surface area contributed by atoms with Gasteiger partial charge < -0.3 is 10.1 Å². The Morgan fingerprint density at radius 2 is 1.69 bits per heavy atom.